The number of benzene rings is 2. The summed E-state index contributed by atoms with van der Waals surface area (Å²) in [6.07, 6.45) is 7.91. The van der Waals surface area contributed by atoms with Crippen LogP contribution in [-0.2, 0) is 11.2 Å². The zero-order valence-corrected chi connectivity index (χ0v) is 25.0. The molecule has 0 fully saturated rings. The van der Waals surface area contributed by atoms with E-state index in [0.29, 0.717) is 17.2 Å². The van der Waals surface area contributed by atoms with Crippen molar-refractivity contribution in [3.8, 4) is 11.6 Å². The van der Waals surface area contributed by atoms with Crippen molar-refractivity contribution in [3.63, 3.8) is 0 Å². The number of carboxylic acids is 2. The quantitative estimate of drug-likeness (QED) is 0.134. The first-order valence-corrected chi connectivity index (χ1v) is 14.2. The Morgan fingerprint density at radius 1 is 0.917 bits per heavy atom. The molecule has 6 rings (SSSR count). The molecule has 4 aromatic rings. The number of hydrogen-bond donors (Lipinski definition) is 6. The summed E-state index contributed by atoms with van der Waals surface area (Å²) < 4.78 is 7.42. The smallest absolute Gasteiger partial charge is 0.337 e. The van der Waals surface area contributed by atoms with Gasteiger partial charge in [-0.1, -0.05) is 17.7 Å². The third-order valence-electron chi connectivity index (χ3n) is 6.79. The molecule has 19 heteroatoms. The van der Waals surface area contributed by atoms with Gasteiger partial charge in [0.1, 0.15) is 12.1 Å². The SMILES string of the molecule is O=C(Nc1cc(OCCc2ccc(C(=O)O)c(NC(=O)c3ccc(-n4ccnc4)nn3)c2)c(Cl)cc1C(=O)O)C1=NN2NNN=C2C=C1. The van der Waals surface area contributed by atoms with E-state index in [-0.39, 0.29) is 57.7 Å². The maximum absolute atomic E-state index is 12.9. The average molecular weight is 672 g/mol. The molecule has 0 aliphatic carbocycles. The fraction of sp³-hybridized carbons (Fsp3) is 0.0690. The minimum atomic E-state index is -1.34. The summed E-state index contributed by atoms with van der Waals surface area (Å²) in [5.74, 6) is -3.05. The Morgan fingerprint density at radius 3 is 2.44 bits per heavy atom. The molecule has 4 heterocycles. The lowest BCUT2D eigenvalue weighted by Crippen LogP contribution is -2.40. The van der Waals surface area contributed by atoms with E-state index >= 15 is 0 Å². The molecule has 2 aliphatic heterocycles. The number of aromatic nitrogens is 4. The summed E-state index contributed by atoms with van der Waals surface area (Å²) in [4.78, 5) is 53.5. The van der Waals surface area contributed by atoms with Gasteiger partial charge in [-0.2, -0.15) is 5.12 Å². The molecule has 242 valence electrons. The Labute approximate surface area is 274 Å². The van der Waals surface area contributed by atoms with Gasteiger partial charge >= 0.3 is 11.9 Å². The number of imidazole rings is 1. The number of amides is 2. The van der Waals surface area contributed by atoms with Crippen LogP contribution in [-0.4, -0.2) is 77.0 Å². The highest BCUT2D eigenvalue weighted by atomic mass is 35.5. The van der Waals surface area contributed by atoms with E-state index in [1.54, 1.807) is 29.1 Å². The van der Waals surface area contributed by atoms with Crippen molar-refractivity contribution in [2.75, 3.05) is 17.2 Å². The van der Waals surface area contributed by atoms with Gasteiger partial charge in [0.2, 0.25) is 0 Å². The molecule has 0 saturated carbocycles. The Morgan fingerprint density at radius 2 is 1.71 bits per heavy atom. The molecule has 0 radical (unpaired) electrons. The van der Waals surface area contributed by atoms with Gasteiger partial charge in [-0.05, 0) is 48.0 Å². The van der Waals surface area contributed by atoms with Crippen molar-refractivity contribution >= 4 is 58.3 Å². The summed E-state index contributed by atoms with van der Waals surface area (Å²) in [5, 5.41) is 41.6. The fourth-order valence-electron chi connectivity index (χ4n) is 4.45. The standard InChI is InChI=1S/C29H22ClN11O7/c30-18-12-17(29(46)47)22(33-27(43)20-4-6-25-36-38-39-41(25)37-20)13-23(18)48-10-7-15-1-2-16(28(44)45)21(11-15)32-26(42)19-3-5-24(35-34-19)40-9-8-31-14-40/h1-6,8-9,11-14,38-39H,7,10H2,(H,32,42)(H,33,43)(H,44,45)(H,46,47). The summed E-state index contributed by atoms with van der Waals surface area (Å²) in [7, 11) is 0. The van der Waals surface area contributed by atoms with Crippen LogP contribution in [0.5, 0.6) is 5.75 Å². The fourth-order valence-corrected chi connectivity index (χ4v) is 4.66. The van der Waals surface area contributed by atoms with Crippen molar-refractivity contribution in [1.29, 1.82) is 0 Å². The Kier molecular flexibility index (Phi) is 8.72. The van der Waals surface area contributed by atoms with Gasteiger partial charge in [0, 0.05) is 24.9 Å². The van der Waals surface area contributed by atoms with Crippen LogP contribution in [0.15, 0.2) is 83.5 Å². The number of nitrogens with one attached hydrogen (secondary N) is 4. The highest BCUT2D eigenvalue weighted by molar-refractivity contribution is 6.48. The number of carbonyl (C=O) groups is 4. The van der Waals surface area contributed by atoms with E-state index in [4.69, 9.17) is 16.3 Å². The molecule has 2 amide bonds. The van der Waals surface area contributed by atoms with Gasteiger partial charge in [0.15, 0.2) is 23.1 Å². The first-order chi connectivity index (χ1) is 23.2. The number of halogens is 1. The number of ether oxygens (including phenoxy) is 1. The number of carbonyl (C=O) groups excluding carboxylic acids is 2. The van der Waals surface area contributed by atoms with Crippen LogP contribution in [0.4, 0.5) is 11.4 Å². The summed E-state index contributed by atoms with van der Waals surface area (Å²) in [5.41, 5.74) is 5.10. The van der Waals surface area contributed by atoms with E-state index in [1.165, 1.54) is 47.9 Å². The molecule has 0 unspecified atom stereocenters. The van der Waals surface area contributed by atoms with Crippen molar-refractivity contribution in [3.05, 3.63) is 101 Å². The van der Waals surface area contributed by atoms with Gasteiger partial charge in [-0.25, -0.2) is 20.1 Å². The van der Waals surface area contributed by atoms with E-state index < -0.39 is 23.8 Å². The van der Waals surface area contributed by atoms with Crippen molar-refractivity contribution in [2.24, 2.45) is 10.2 Å². The van der Waals surface area contributed by atoms with Gasteiger partial charge in [-0.15, -0.1) is 25.9 Å². The van der Waals surface area contributed by atoms with Gasteiger partial charge < -0.3 is 25.6 Å². The lowest BCUT2D eigenvalue weighted by Gasteiger charge is -2.17. The molecule has 2 aromatic carbocycles. The lowest BCUT2D eigenvalue weighted by molar-refractivity contribution is -0.110. The zero-order valence-electron chi connectivity index (χ0n) is 24.3. The van der Waals surface area contributed by atoms with Gasteiger partial charge in [0.25, 0.3) is 11.8 Å². The van der Waals surface area contributed by atoms with Crippen LogP contribution in [0, 0.1) is 0 Å². The number of hydrazone groups is 2. The van der Waals surface area contributed by atoms with Crippen LogP contribution >= 0.6 is 11.6 Å². The Balaban J connectivity index is 1.14. The molecule has 18 nitrogen and oxygen atoms in total. The average Bonchev–Trinajstić information content (AvgIpc) is 3.78. The topological polar surface area (TPSA) is 238 Å². The second-order valence-electron chi connectivity index (χ2n) is 9.90. The van der Waals surface area contributed by atoms with E-state index in [2.05, 4.69) is 47.1 Å². The zero-order chi connectivity index (χ0) is 33.8. The van der Waals surface area contributed by atoms with Crippen LogP contribution < -0.4 is 26.4 Å². The van der Waals surface area contributed by atoms with Crippen molar-refractivity contribution < 1.29 is 34.1 Å². The van der Waals surface area contributed by atoms with Gasteiger partial charge in [0.05, 0.1) is 34.1 Å². The highest BCUT2D eigenvalue weighted by Crippen LogP contribution is 2.32. The number of aromatic carboxylic acids is 2. The number of rotatable bonds is 11. The molecule has 0 bridgehead atoms. The second kappa shape index (κ2) is 13.4. The number of hydrazine groups is 2. The number of anilines is 2. The van der Waals surface area contributed by atoms with Gasteiger partial charge in [-0.3, -0.25) is 14.2 Å². The highest BCUT2D eigenvalue weighted by Gasteiger charge is 2.24. The van der Waals surface area contributed by atoms with Crippen LogP contribution in [0.25, 0.3) is 5.82 Å². The normalized spacial score (nSPS) is 13.1. The number of fused-ring (bicyclic) bond motifs is 1. The molecule has 0 spiro atoms. The first-order valence-electron chi connectivity index (χ1n) is 13.8. The van der Waals surface area contributed by atoms with Crippen molar-refractivity contribution in [1.82, 2.24) is 35.9 Å². The second-order valence-corrected chi connectivity index (χ2v) is 10.3. The molecule has 6 N–H and O–H groups in total. The maximum atomic E-state index is 12.9. The molecular formula is C29H22ClN11O7. The number of nitrogens with zero attached hydrogens (tertiary/aromatic N) is 7. The Bertz CT molecular complexity index is 2030. The monoisotopic (exact) mass is 671 g/mol. The summed E-state index contributed by atoms with van der Waals surface area (Å²) in [6.45, 7) is 0.00566. The van der Waals surface area contributed by atoms with Crippen LogP contribution in [0.2, 0.25) is 5.02 Å². The largest absolute Gasteiger partial charge is 0.492 e. The van der Waals surface area contributed by atoms with E-state index in [9.17, 15) is 29.4 Å². The minimum absolute atomic E-state index is 0.00566. The molecule has 2 aromatic heterocycles. The third-order valence-corrected chi connectivity index (χ3v) is 7.08. The third kappa shape index (κ3) is 6.78. The summed E-state index contributed by atoms with van der Waals surface area (Å²) in [6, 6.07) is 9.81. The van der Waals surface area contributed by atoms with Crippen LogP contribution in [0.3, 0.4) is 0 Å². The number of carboxylic acid groups (broad SMARTS) is 2. The van der Waals surface area contributed by atoms with Crippen LogP contribution in [0.1, 0.15) is 36.8 Å². The molecular weight excluding hydrogens is 650 g/mol. The summed E-state index contributed by atoms with van der Waals surface area (Å²) >= 11 is 6.31. The molecule has 0 saturated heterocycles. The molecule has 48 heavy (non-hydrogen) atoms. The predicted molar refractivity (Wildman–Crippen MR) is 169 cm³/mol. The molecule has 0 atom stereocenters. The molecule has 2 aliphatic rings. The van der Waals surface area contributed by atoms with E-state index in [0.717, 1.165) is 6.07 Å². The lowest BCUT2D eigenvalue weighted by atomic mass is 10.1. The number of amidine groups is 1. The first kappa shape index (κ1) is 31.3. The predicted octanol–water partition coefficient (Wildman–Crippen LogP) is 2.09. The maximum Gasteiger partial charge on any atom is 0.337 e. The van der Waals surface area contributed by atoms with Crippen molar-refractivity contribution in [2.45, 2.75) is 6.42 Å². The minimum Gasteiger partial charge on any atom is -0.492 e. The van der Waals surface area contributed by atoms with E-state index in [1.807, 2.05) is 0 Å². The Hall–Kier alpha value is -6.66. The number of hydrogen-bond acceptors (Lipinski definition) is 13.